The molecule has 8 nitrogen and oxygen atoms in total. The molecule has 0 bridgehead atoms. The normalized spacial score (nSPS) is 10.9. The van der Waals surface area contributed by atoms with Gasteiger partial charge in [-0.15, -0.1) is 5.10 Å². The molecule has 4 rings (SSSR count). The van der Waals surface area contributed by atoms with Crippen LogP contribution in [0.15, 0.2) is 59.7 Å². The van der Waals surface area contributed by atoms with Crippen molar-refractivity contribution in [2.24, 2.45) is 0 Å². The fraction of sp³-hybridized carbons (Fsp3) is 0.150. The number of anilines is 1. The highest BCUT2D eigenvalue weighted by Gasteiger charge is 2.15. The van der Waals surface area contributed by atoms with Crippen LogP contribution in [0.3, 0.4) is 0 Å². The number of benzene rings is 2. The van der Waals surface area contributed by atoms with Gasteiger partial charge in [0.15, 0.2) is 11.2 Å². The van der Waals surface area contributed by atoms with Crippen molar-refractivity contribution < 1.29 is 4.79 Å². The lowest BCUT2D eigenvalue weighted by molar-refractivity contribution is -0.116. The second kappa shape index (κ2) is 7.07. The van der Waals surface area contributed by atoms with E-state index in [1.807, 2.05) is 62.4 Å². The van der Waals surface area contributed by atoms with E-state index in [2.05, 4.69) is 20.6 Å². The molecule has 0 fully saturated rings. The SMILES string of the molecule is Cc1cccc(NC(=O)Cn2cnc3c(nnn3-c3ccccc3)c2=O)c1C. The summed E-state index contributed by atoms with van der Waals surface area (Å²) in [6.07, 6.45) is 1.34. The molecule has 0 aliphatic heterocycles. The molecule has 0 radical (unpaired) electrons. The van der Waals surface area contributed by atoms with Crippen molar-refractivity contribution in [1.29, 1.82) is 0 Å². The molecular formula is C20H18N6O2. The lowest BCUT2D eigenvalue weighted by atomic mass is 10.1. The Morgan fingerprint density at radius 1 is 1.07 bits per heavy atom. The molecule has 8 heteroatoms. The summed E-state index contributed by atoms with van der Waals surface area (Å²) < 4.78 is 2.73. The average Bonchev–Trinajstić information content (AvgIpc) is 3.13. The first-order chi connectivity index (χ1) is 13.5. The monoisotopic (exact) mass is 374 g/mol. The highest BCUT2D eigenvalue weighted by atomic mass is 16.2. The molecule has 0 aliphatic carbocycles. The Hall–Kier alpha value is -3.81. The van der Waals surface area contributed by atoms with Crippen molar-refractivity contribution in [1.82, 2.24) is 24.5 Å². The molecule has 0 saturated heterocycles. The number of carbonyl (C=O) groups excluding carboxylic acids is 1. The number of carbonyl (C=O) groups is 1. The van der Waals surface area contributed by atoms with Gasteiger partial charge < -0.3 is 5.32 Å². The third-order valence-electron chi connectivity index (χ3n) is 4.62. The van der Waals surface area contributed by atoms with Gasteiger partial charge in [-0.25, -0.2) is 4.98 Å². The first-order valence-electron chi connectivity index (χ1n) is 8.77. The van der Waals surface area contributed by atoms with Gasteiger partial charge in [0.1, 0.15) is 12.9 Å². The maximum absolute atomic E-state index is 12.7. The average molecular weight is 374 g/mol. The molecule has 2 aromatic carbocycles. The van der Waals surface area contributed by atoms with E-state index >= 15 is 0 Å². The Bertz CT molecular complexity index is 1230. The summed E-state index contributed by atoms with van der Waals surface area (Å²) >= 11 is 0. The van der Waals surface area contributed by atoms with Crippen LogP contribution in [-0.2, 0) is 11.3 Å². The van der Waals surface area contributed by atoms with E-state index < -0.39 is 5.56 Å². The van der Waals surface area contributed by atoms with Gasteiger partial charge >= 0.3 is 0 Å². The summed E-state index contributed by atoms with van der Waals surface area (Å²) in [5.41, 5.74) is 3.60. The second-order valence-corrected chi connectivity index (χ2v) is 6.48. The van der Waals surface area contributed by atoms with E-state index in [4.69, 9.17) is 0 Å². The number of nitrogens with zero attached hydrogens (tertiary/aromatic N) is 5. The highest BCUT2D eigenvalue weighted by molar-refractivity contribution is 5.91. The Morgan fingerprint density at radius 3 is 2.64 bits per heavy atom. The van der Waals surface area contributed by atoms with Crippen LogP contribution in [0.5, 0.6) is 0 Å². The lowest BCUT2D eigenvalue weighted by Gasteiger charge is -2.11. The van der Waals surface area contributed by atoms with E-state index in [1.165, 1.54) is 15.6 Å². The van der Waals surface area contributed by atoms with Crippen LogP contribution in [0.25, 0.3) is 16.9 Å². The molecule has 0 aliphatic rings. The van der Waals surface area contributed by atoms with Crippen LogP contribution in [-0.4, -0.2) is 30.5 Å². The van der Waals surface area contributed by atoms with Crippen LogP contribution in [0.4, 0.5) is 5.69 Å². The molecule has 0 atom stereocenters. The first kappa shape index (κ1) is 17.6. The van der Waals surface area contributed by atoms with Gasteiger partial charge in [0.05, 0.1) is 5.69 Å². The minimum absolute atomic E-state index is 0.117. The minimum atomic E-state index is -0.414. The quantitative estimate of drug-likeness (QED) is 0.591. The van der Waals surface area contributed by atoms with Gasteiger partial charge in [-0.3, -0.25) is 14.2 Å². The van der Waals surface area contributed by atoms with Crippen molar-refractivity contribution in [2.45, 2.75) is 20.4 Å². The first-order valence-corrected chi connectivity index (χ1v) is 8.77. The Balaban J connectivity index is 1.61. The standard InChI is InChI=1S/C20H18N6O2/c1-13-7-6-10-16(14(13)2)22-17(27)11-25-12-21-19-18(20(25)28)23-24-26(19)15-8-4-3-5-9-15/h3-10,12H,11H2,1-2H3,(H,22,27). The van der Waals surface area contributed by atoms with Crippen molar-refractivity contribution in [3.8, 4) is 5.69 Å². The summed E-state index contributed by atoms with van der Waals surface area (Å²) in [4.78, 5) is 29.4. The number of nitrogens with one attached hydrogen (secondary N) is 1. The molecule has 28 heavy (non-hydrogen) atoms. The predicted molar refractivity (Wildman–Crippen MR) is 105 cm³/mol. The number of aromatic nitrogens is 5. The van der Waals surface area contributed by atoms with E-state index in [0.717, 1.165) is 22.5 Å². The smallest absolute Gasteiger partial charge is 0.284 e. The van der Waals surface area contributed by atoms with Crippen LogP contribution >= 0.6 is 0 Å². The van der Waals surface area contributed by atoms with Gasteiger partial charge in [-0.1, -0.05) is 35.5 Å². The third-order valence-corrected chi connectivity index (χ3v) is 4.62. The molecule has 0 saturated carbocycles. The zero-order valence-corrected chi connectivity index (χ0v) is 15.5. The van der Waals surface area contributed by atoms with Crippen LogP contribution in [0.2, 0.25) is 0 Å². The van der Waals surface area contributed by atoms with Crippen molar-refractivity contribution in [3.63, 3.8) is 0 Å². The van der Waals surface area contributed by atoms with Crippen molar-refractivity contribution in [3.05, 3.63) is 76.3 Å². The lowest BCUT2D eigenvalue weighted by Crippen LogP contribution is -2.28. The van der Waals surface area contributed by atoms with E-state index in [0.29, 0.717) is 5.65 Å². The summed E-state index contributed by atoms with van der Waals surface area (Å²) in [6.45, 7) is 3.75. The van der Waals surface area contributed by atoms with E-state index in [1.54, 1.807) is 0 Å². The largest absolute Gasteiger partial charge is 0.324 e. The number of rotatable bonds is 4. The number of hydrogen-bond acceptors (Lipinski definition) is 5. The van der Waals surface area contributed by atoms with Crippen LogP contribution in [0, 0.1) is 13.8 Å². The molecular weight excluding hydrogens is 356 g/mol. The molecule has 140 valence electrons. The summed E-state index contributed by atoms with van der Waals surface area (Å²) in [5.74, 6) is -0.313. The maximum atomic E-state index is 12.7. The minimum Gasteiger partial charge on any atom is -0.324 e. The Kier molecular flexibility index (Phi) is 4.44. The maximum Gasteiger partial charge on any atom is 0.284 e. The Morgan fingerprint density at radius 2 is 1.86 bits per heavy atom. The van der Waals surface area contributed by atoms with E-state index in [-0.39, 0.29) is 18.0 Å². The summed E-state index contributed by atoms with van der Waals surface area (Å²) in [7, 11) is 0. The molecule has 4 aromatic rings. The molecule has 1 N–H and O–H groups in total. The number of amides is 1. The van der Waals surface area contributed by atoms with Gasteiger partial charge in [-0.2, -0.15) is 4.68 Å². The number of para-hydroxylation sites is 1. The van der Waals surface area contributed by atoms with Gasteiger partial charge in [0.2, 0.25) is 5.91 Å². The second-order valence-electron chi connectivity index (χ2n) is 6.48. The Labute approximate surface area is 160 Å². The molecule has 0 spiro atoms. The van der Waals surface area contributed by atoms with Crippen LogP contribution < -0.4 is 10.9 Å². The number of aryl methyl sites for hydroxylation is 1. The molecule has 1 amide bonds. The van der Waals surface area contributed by atoms with Gasteiger partial charge in [0.25, 0.3) is 5.56 Å². The fourth-order valence-corrected chi connectivity index (χ4v) is 2.93. The molecule has 0 unspecified atom stereocenters. The van der Waals surface area contributed by atoms with Crippen molar-refractivity contribution in [2.75, 3.05) is 5.32 Å². The van der Waals surface area contributed by atoms with Crippen molar-refractivity contribution >= 4 is 22.8 Å². The zero-order chi connectivity index (χ0) is 19.7. The van der Waals surface area contributed by atoms with E-state index in [9.17, 15) is 9.59 Å². The highest BCUT2D eigenvalue weighted by Crippen LogP contribution is 2.18. The number of fused-ring (bicyclic) bond motifs is 1. The topological polar surface area (TPSA) is 94.7 Å². The summed E-state index contributed by atoms with van der Waals surface area (Å²) in [5, 5.41) is 10.8. The predicted octanol–water partition coefficient (Wildman–Crippen LogP) is 2.23. The molecule has 2 heterocycles. The third kappa shape index (κ3) is 3.16. The van der Waals surface area contributed by atoms with Gasteiger partial charge in [0, 0.05) is 5.69 Å². The van der Waals surface area contributed by atoms with Crippen LogP contribution in [0.1, 0.15) is 11.1 Å². The number of hydrogen-bond donors (Lipinski definition) is 1. The zero-order valence-electron chi connectivity index (χ0n) is 15.5. The molecule has 2 aromatic heterocycles. The fourth-order valence-electron chi connectivity index (χ4n) is 2.93. The summed E-state index contributed by atoms with van der Waals surface area (Å²) in [6, 6.07) is 15.0. The van der Waals surface area contributed by atoms with Gasteiger partial charge in [-0.05, 0) is 43.2 Å².